The minimum absolute atomic E-state index is 0.0848. The number of hydrogen-bond acceptors (Lipinski definition) is 7. The minimum atomic E-state index is -5.28. The number of fused-ring (bicyclic) bond motifs is 3. The van der Waals surface area contributed by atoms with Crippen LogP contribution in [0.1, 0.15) is 23.6 Å². The maximum atomic E-state index is 13.1. The Morgan fingerprint density at radius 1 is 1.24 bits per heavy atom. The van der Waals surface area contributed by atoms with Crippen molar-refractivity contribution in [3.05, 3.63) is 53.9 Å². The molecule has 2 amide bonds. The third-order valence-corrected chi connectivity index (χ3v) is 5.72. The van der Waals surface area contributed by atoms with E-state index in [1.807, 2.05) is 0 Å². The van der Waals surface area contributed by atoms with E-state index >= 15 is 0 Å². The number of carbonyl (C=O) groups excluding carboxylic acids is 2. The third kappa shape index (κ3) is 5.08. The first kappa shape index (κ1) is 21.8. The lowest BCUT2D eigenvalue weighted by Crippen LogP contribution is -2.44. The van der Waals surface area contributed by atoms with Crippen LogP contribution < -0.4 is 10.1 Å². The molecule has 5 rings (SSSR count). The predicted molar refractivity (Wildman–Crippen MR) is 124 cm³/mol. The number of pyridine rings is 1. The van der Waals surface area contributed by atoms with Crippen LogP contribution in [0.25, 0.3) is 22.3 Å². The zero-order valence-electron chi connectivity index (χ0n) is 21.4. The summed E-state index contributed by atoms with van der Waals surface area (Å²) in [6.45, 7) is -2.99. The summed E-state index contributed by atoms with van der Waals surface area (Å²) < 4.78 is 59.7. The molecule has 11 nitrogen and oxygen atoms in total. The number of nitrogens with one attached hydrogen (secondary N) is 1. The standard InChI is InChI=1S/C23H21F3N8O3/c1-32-30-19(29-31-32)14-3-2-4-15(11-14)20(35)27-7-8-33-9-10-34-17-5-6-28-21(37-13-23(24,25)26)16(17)12-18(34)22(33)36/h2-6,11-12H,7-10,13H2,1H3,(H,27,35)/i13D2. The van der Waals surface area contributed by atoms with Crippen molar-refractivity contribution in [1.82, 2.24) is 40.0 Å². The van der Waals surface area contributed by atoms with Gasteiger partial charge in [0.25, 0.3) is 11.8 Å². The number of tetrazole rings is 1. The van der Waals surface area contributed by atoms with Gasteiger partial charge in [0.05, 0.1) is 20.7 Å². The van der Waals surface area contributed by atoms with Gasteiger partial charge in [0.15, 0.2) is 6.56 Å². The van der Waals surface area contributed by atoms with Crippen molar-refractivity contribution in [3.63, 3.8) is 0 Å². The molecule has 1 aliphatic rings. The highest BCUT2D eigenvalue weighted by Gasteiger charge is 2.31. The lowest BCUT2D eigenvalue weighted by atomic mass is 10.1. The van der Waals surface area contributed by atoms with Crippen LogP contribution in [-0.2, 0) is 13.6 Å². The van der Waals surface area contributed by atoms with Gasteiger partial charge in [0, 0.05) is 43.5 Å². The summed E-state index contributed by atoms with van der Waals surface area (Å²) in [5.74, 6) is -0.944. The third-order valence-electron chi connectivity index (χ3n) is 5.72. The van der Waals surface area contributed by atoms with Gasteiger partial charge in [-0.2, -0.15) is 18.0 Å². The Hall–Kier alpha value is -4.49. The molecular weight excluding hydrogens is 493 g/mol. The van der Waals surface area contributed by atoms with Crippen LogP contribution in [0.2, 0.25) is 0 Å². The molecule has 3 aromatic heterocycles. The second kappa shape index (κ2) is 9.52. The molecule has 4 aromatic rings. The molecule has 0 saturated carbocycles. The van der Waals surface area contributed by atoms with Gasteiger partial charge in [-0.15, -0.1) is 10.2 Å². The molecule has 0 radical (unpaired) electrons. The number of amides is 2. The van der Waals surface area contributed by atoms with Crippen LogP contribution >= 0.6 is 0 Å². The van der Waals surface area contributed by atoms with Gasteiger partial charge < -0.3 is 19.5 Å². The van der Waals surface area contributed by atoms with Crippen molar-refractivity contribution in [2.75, 3.05) is 26.2 Å². The molecule has 0 atom stereocenters. The Labute approximate surface area is 210 Å². The number of aryl methyl sites for hydroxylation is 1. The molecule has 1 aromatic carbocycles. The Bertz CT molecular complexity index is 1570. The lowest BCUT2D eigenvalue weighted by molar-refractivity contribution is -0.153. The largest absolute Gasteiger partial charge is 0.468 e. The molecule has 0 unspecified atom stereocenters. The summed E-state index contributed by atoms with van der Waals surface area (Å²) in [6, 6.07) is 9.56. The van der Waals surface area contributed by atoms with Crippen LogP contribution in [0.5, 0.6) is 5.88 Å². The molecule has 37 heavy (non-hydrogen) atoms. The smallest absolute Gasteiger partial charge is 0.422 e. The van der Waals surface area contributed by atoms with Crippen LogP contribution in [0, 0.1) is 0 Å². The average molecular weight is 516 g/mol. The molecule has 0 spiro atoms. The van der Waals surface area contributed by atoms with E-state index in [0.29, 0.717) is 35.6 Å². The molecule has 4 heterocycles. The second-order valence-electron chi connectivity index (χ2n) is 8.16. The number of aromatic nitrogens is 6. The van der Waals surface area contributed by atoms with Gasteiger partial charge in [-0.05, 0) is 29.5 Å². The summed E-state index contributed by atoms with van der Waals surface area (Å²) in [6.07, 6.45) is -4.08. The number of nitrogens with zero attached hydrogens (tertiary/aromatic N) is 7. The fraction of sp³-hybridized carbons (Fsp3) is 0.304. The van der Waals surface area contributed by atoms with Crippen LogP contribution in [0.15, 0.2) is 42.6 Å². The van der Waals surface area contributed by atoms with E-state index in [-0.39, 0.29) is 30.1 Å². The summed E-state index contributed by atoms with van der Waals surface area (Å²) in [4.78, 5) is 32.4. The number of rotatable bonds is 7. The number of halogens is 3. The molecule has 14 heteroatoms. The fourth-order valence-electron chi connectivity index (χ4n) is 4.07. The van der Waals surface area contributed by atoms with E-state index in [2.05, 4.69) is 30.4 Å². The van der Waals surface area contributed by atoms with Crippen molar-refractivity contribution >= 4 is 22.7 Å². The van der Waals surface area contributed by atoms with E-state index in [1.165, 1.54) is 28.0 Å². The number of benzene rings is 1. The maximum Gasteiger partial charge on any atom is 0.422 e. The van der Waals surface area contributed by atoms with E-state index in [4.69, 9.17) is 2.74 Å². The Balaban J connectivity index is 1.26. The maximum absolute atomic E-state index is 13.1. The van der Waals surface area contributed by atoms with Crippen LogP contribution in [0.4, 0.5) is 13.2 Å². The first-order chi connectivity index (χ1) is 18.4. The van der Waals surface area contributed by atoms with Crippen LogP contribution in [-0.4, -0.2) is 78.8 Å². The van der Waals surface area contributed by atoms with Gasteiger partial charge in [-0.1, -0.05) is 12.1 Å². The molecule has 0 saturated heterocycles. The summed E-state index contributed by atoms with van der Waals surface area (Å²) in [7, 11) is 1.63. The van der Waals surface area contributed by atoms with Crippen molar-refractivity contribution in [2.45, 2.75) is 12.7 Å². The Morgan fingerprint density at radius 3 is 2.84 bits per heavy atom. The quantitative estimate of drug-likeness (QED) is 0.399. The highest BCUT2D eigenvalue weighted by Crippen LogP contribution is 2.30. The summed E-state index contributed by atoms with van der Waals surface area (Å²) in [5, 5.41) is 14.7. The number of hydrogen-bond donors (Lipinski definition) is 1. The molecule has 0 aliphatic carbocycles. The summed E-state index contributed by atoms with van der Waals surface area (Å²) >= 11 is 0. The van der Waals surface area contributed by atoms with Crippen molar-refractivity contribution in [3.8, 4) is 17.3 Å². The molecule has 192 valence electrons. The van der Waals surface area contributed by atoms with Crippen molar-refractivity contribution in [2.24, 2.45) is 7.05 Å². The first-order valence-electron chi connectivity index (χ1n) is 12.1. The topological polar surface area (TPSA) is 120 Å². The monoisotopic (exact) mass is 516 g/mol. The summed E-state index contributed by atoms with van der Waals surface area (Å²) in [5.41, 5.74) is 1.59. The minimum Gasteiger partial charge on any atom is -0.468 e. The SMILES string of the molecule is [2H]C([2H])(Oc1nccc2c1cc1n2CCN(CCNC(=O)c2cccc(-c3nnn(C)n3)c2)C1=O)C(F)(F)F. The van der Waals surface area contributed by atoms with Gasteiger partial charge in [0.1, 0.15) is 5.69 Å². The molecule has 1 N–H and O–H groups in total. The zero-order valence-corrected chi connectivity index (χ0v) is 19.4. The normalized spacial score (nSPS) is 14.8. The first-order valence-corrected chi connectivity index (χ1v) is 11.1. The molecule has 1 aliphatic heterocycles. The Kier molecular flexibility index (Phi) is 5.60. The lowest BCUT2D eigenvalue weighted by Gasteiger charge is -2.28. The Morgan fingerprint density at radius 2 is 2.08 bits per heavy atom. The highest BCUT2D eigenvalue weighted by molar-refractivity contribution is 6.00. The average Bonchev–Trinajstić information content (AvgIpc) is 3.49. The molecule has 0 bridgehead atoms. The van der Waals surface area contributed by atoms with Crippen LogP contribution in [0.3, 0.4) is 0 Å². The number of ether oxygens (including phenoxy) is 1. The van der Waals surface area contributed by atoms with E-state index in [0.717, 1.165) is 0 Å². The predicted octanol–water partition coefficient (Wildman–Crippen LogP) is 2.05. The van der Waals surface area contributed by atoms with E-state index in [1.54, 1.807) is 35.9 Å². The van der Waals surface area contributed by atoms with Crippen molar-refractivity contribution in [1.29, 1.82) is 0 Å². The van der Waals surface area contributed by atoms with Gasteiger partial charge in [-0.25, -0.2) is 4.98 Å². The van der Waals surface area contributed by atoms with Gasteiger partial charge >= 0.3 is 6.18 Å². The number of carbonyl (C=O) groups is 2. The van der Waals surface area contributed by atoms with E-state index < -0.39 is 24.5 Å². The number of alkyl halides is 3. The zero-order chi connectivity index (χ0) is 27.9. The molecule has 0 fully saturated rings. The van der Waals surface area contributed by atoms with Gasteiger partial charge in [-0.3, -0.25) is 9.59 Å². The van der Waals surface area contributed by atoms with E-state index in [9.17, 15) is 22.8 Å². The highest BCUT2D eigenvalue weighted by atomic mass is 19.4. The fourth-order valence-corrected chi connectivity index (χ4v) is 4.07. The van der Waals surface area contributed by atoms with Gasteiger partial charge in [0.2, 0.25) is 11.7 Å². The second-order valence-corrected chi connectivity index (χ2v) is 8.16. The van der Waals surface area contributed by atoms with Crippen molar-refractivity contribution < 1.29 is 30.2 Å². The molecular formula is C23H21F3N8O3.